The van der Waals surface area contributed by atoms with Crippen LogP contribution in [-0.2, 0) is 4.74 Å². The summed E-state index contributed by atoms with van der Waals surface area (Å²) in [4.78, 5) is 16.1. The van der Waals surface area contributed by atoms with Crippen LogP contribution in [0.25, 0.3) is 0 Å². The Morgan fingerprint density at radius 2 is 1.86 bits per heavy atom. The van der Waals surface area contributed by atoms with Gasteiger partial charge >= 0.3 is 6.09 Å². The number of hydrogen-bond acceptors (Lipinski definition) is 3. The highest BCUT2D eigenvalue weighted by atomic mass is 19.1. The lowest BCUT2D eigenvalue weighted by molar-refractivity contribution is 0.0160. The van der Waals surface area contributed by atoms with Gasteiger partial charge < -0.3 is 14.5 Å². The average Bonchev–Trinajstić information content (AvgIpc) is 2.37. The summed E-state index contributed by atoms with van der Waals surface area (Å²) in [5.41, 5.74) is -0.433. The smallest absolute Gasteiger partial charge is 0.410 e. The number of nitrogens with zero attached hydrogens (tertiary/aromatic N) is 2. The molecule has 1 amide bonds. The molecule has 0 aliphatic carbocycles. The lowest BCUT2D eigenvalue weighted by Crippen LogP contribution is -2.45. The number of alkyl halides is 1. The third kappa shape index (κ3) is 5.46. The third-order valence-electron chi connectivity index (χ3n) is 4.23. The summed E-state index contributed by atoms with van der Waals surface area (Å²) < 4.78 is 18.8. The van der Waals surface area contributed by atoms with E-state index < -0.39 is 11.8 Å². The fourth-order valence-electron chi connectivity index (χ4n) is 3.15. The van der Waals surface area contributed by atoms with E-state index in [0.717, 1.165) is 45.4 Å². The van der Waals surface area contributed by atoms with Gasteiger partial charge in [-0.3, -0.25) is 0 Å². The van der Waals surface area contributed by atoms with Crippen molar-refractivity contribution in [3.63, 3.8) is 0 Å². The molecule has 0 radical (unpaired) electrons. The number of rotatable bonds is 2. The van der Waals surface area contributed by atoms with Gasteiger partial charge in [0.1, 0.15) is 11.8 Å². The van der Waals surface area contributed by atoms with Gasteiger partial charge in [0.2, 0.25) is 0 Å². The van der Waals surface area contributed by atoms with Crippen molar-refractivity contribution in [3.8, 4) is 0 Å². The fraction of sp³-hybridized carbons (Fsp3) is 0.938. The molecule has 2 aliphatic rings. The molecule has 2 heterocycles. The molecule has 0 bridgehead atoms. The van der Waals surface area contributed by atoms with Crippen LogP contribution < -0.4 is 0 Å². The summed E-state index contributed by atoms with van der Waals surface area (Å²) in [6, 6.07) is 0. The van der Waals surface area contributed by atoms with E-state index in [-0.39, 0.29) is 6.09 Å². The lowest BCUT2D eigenvalue weighted by atomic mass is 9.95. The van der Waals surface area contributed by atoms with Gasteiger partial charge in [0.05, 0.1) is 0 Å². The summed E-state index contributed by atoms with van der Waals surface area (Å²) in [6.45, 7) is 9.77. The summed E-state index contributed by atoms with van der Waals surface area (Å²) in [5, 5.41) is 0. The van der Waals surface area contributed by atoms with Crippen LogP contribution in [0.4, 0.5) is 9.18 Å². The molecule has 5 heteroatoms. The monoisotopic (exact) mass is 300 g/mol. The van der Waals surface area contributed by atoms with Crippen molar-refractivity contribution >= 4 is 6.09 Å². The summed E-state index contributed by atoms with van der Waals surface area (Å²) in [6.07, 6.45) is 2.81. The molecule has 122 valence electrons. The van der Waals surface area contributed by atoms with Crippen molar-refractivity contribution in [1.82, 2.24) is 9.80 Å². The van der Waals surface area contributed by atoms with Crippen LogP contribution in [0.5, 0.6) is 0 Å². The molecule has 21 heavy (non-hydrogen) atoms. The highest BCUT2D eigenvalue weighted by Gasteiger charge is 2.28. The van der Waals surface area contributed by atoms with E-state index in [9.17, 15) is 9.18 Å². The first-order valence-corrected chi connectivity index (χ1v) is 8.18. The topological polar surface area (TPSA) is 32.8 Å². The van der Waals surface area contributed by atoms with Crippen LogP contribution in [0, 0.1) is 5.92 Å². The van der Waals surface area contributed by atoms with Crippen molar-refractivity contribution in [2.45, 2.75) is 58.2 Å². The van der Waals surface area contributed by atoms with E-state index in [1.165, 1.54) is 0 Å². The Morgan fingerprint density at radius 1 is 1.19 bits per heavy atom. The van der Waals surface area contributed by atoms with E-state index in [2.05, 4.69) is 4.90 Å². The molecular weight excluding hydrogens is 271 g/mol. The molecule has 0 aromatic heterocycles. The summed E-state index contributed by atoms with van der Waals surface area (Å²) in [5.74, 6) is 0.578. The maximum Gasteiger partial charge on any atom is 0.410 e. The van der Waals surface area contributed by atoms with E-state index >= 15 is 0 Å². The van der Waals surface area contributed by atoms with Gasteiger partial charge in [0, 0.05) is 26.2 Å². The molecule has 0 saturated carbocycles. The predicted molar refractivity (Wildman–Crippen MR) is 81.1 cm³/mol. The maximum absolute atomic E-state index is 13.4. The summed E-state index contributed by atoms with van der Waals surface area (Å²) in [7, 11) is 0. The molecule has 1 atom stereocenters. The Kier molecular flexibility index (Phi) is 5.47. The van der Waals surface area contributed by atoms with E-state index in [0.29, 0.717) is 18.9 Å². The number of amides is 1. The molecule has 4 nitrogen and oxygen atoms in total. The van der Waals surface area contributed by atoms with Crippen molar-refractivity contribution in [2.24, 2.45) is 5.92 Å². The van der Waals surface area contributed by atoms with E-state index in [4.69, 9.17) is 4.74 Å². The largest absolute Gasteiger partial charge is 0.444 e. The first-order chi connectivity index (χ1) is 9.83. The zero-order chi connectivity index (χ0) is 15.5. The molecule has 0 spiro atoms. The highest BCUT2D eigenvalue weighted by Crippen LogP contribution is 2.22. The first kappa shape index (κ1) is 16.5. The van der Waals surface area contributed by atoms with Crippen LogP contribution in [0.2, 0.25) is 0 Å². The molecule has 0 aromatic carbocycles. The molecule has 0 aromatic rings. The zero-order valence-corrected chi connectivity index (χ0v) is 13.6. The van der Waals surface area contributed by atoms with Gasteiger partial charge in [-0.25, -0.2) is 9.18 Å². The van der Waals surface area contributed by atoms with Gasteiger partial charge in [-0.2, -0.15) is 0 Å². The molecule has 2 saturated heterocycles. The number of piperidine rings is 2. The Morgan fingerprint density at radius 3 is 2.43 bits per heavy atom. The number of ether oxygens (including phenoxy) is 1. The summed E-state index contributed by atoms with van der Waals surface area (Å²) >= 11 is 0. The second-order valence-corrected chi connectivity index (χ2v) is 7.41. The van der Waals surface area contributed by atoms with Gasteiger partial charge in [0.15, 0.2) is 0 Å². The van der Waals surface area contributed by atoms with E-state index in [1.807, 2.05) is 20.8 Å². The first-order valence-electron chi connectivity index (χ1n) is 8.18. The lowest BCUT2D eigenvalue weighted by Gasteiger charge is -2.37. The van der Waals surface area contributed by atoms with Crippen molar-refractivity contribution in [3.05, 3.63) is 0 Å². The van der Waals surface area contributed by atoms with Crippen molar-refractivity contribution in [2.75, 3.05) is 32.7 Å². The molecule has 0 N–H and O–H groups in total. The fourth-order valence-corrected chi connectivity index (χ4v) is 3.15. The number of carbonyl (C=O) groups excluding carboxylic acids is 1. The average molecular weight is 300 g/mol. The highest BCUT2D eigenvalue weighted by molar-refractivity contribution is 5.68. The minimum atomic E-state index is -0.652. The van der Waals surface area contributed by atoms with Crippen LogP contribution >= 0.6 is 0 Å². The zero-order valence-electron chi connectivity index (χ0n) is 13.6. The van der Waals surface area contributed by atoms with E-state index in [1.54, 1.807) is 4.90 Å². The van der Waals surface area contributed by atoms with Crippen LogP contribution in [-0.4, -0.2) is 60.4 Å². The third-order valence-corrected chi connectivity index (χ3v) is 4.23. The second kappa shape index (κ2) is 6.95. The van der Waals surface area contributed by atoms with Crippen molar-refractivity contribution < 1.29 is 13.9 Å². The minimum absolute atomic E-state index is 0.206. The molecule has 2 aliphatic heterocycles. The minimum Gasteiger partial charge on any atom is -0.444 e. The molecular formula is C16H29FN2O2. The number of halogens is 1. The predicted octanol–water partition coefficient (Wildman–Crippen LogP) is 3.07. The van der Waals surface area contributed by atoms with Crippen LogP contribution in [0.15, 0.2) is 0 Å². The van der Waals surface area contributed by atoms with Crippen molar-refractivity contribution in [1.29, 1.82) is 0 Å². The Bertz CT molecular complexity index is 349. The van der Waals surface area contributed by atoms with Gasteiger partial charge in [-0.1, -0.05) is 0 Å². The van der Waals surface area contributed by atoms with Gasteiger partial charge in [-0.15, -0.1) is 0 Å². The molecule has 2 fully saturated rings. The Labute approximate surface area is 127 Å². The number of likely N-dealkylation sites (tertiary alicyclic amines) is 2. The maximum atomic E-state index is 13.4. The number of hydrogen-bond donors (Lipinski definition) is 0. The van der Waals surface area contributed by atoms with Crippen LogP contribution in [0.3, 0.4) is 0 Å². The molecule has 1 unspecified atom stereocenters. The van der Waals surface area contributed by atoms with Gasteiger partial charge in [-0.05, 0) is 58.9 Å². The van der Waals surface area contributed by atoms with Crippen LogP contribution in [0.1, 0.15) is 46.5 Å². The SMILES string of the molecule is CC(C)(C)OC(=O)N1CCC(CN2CCCC(F)C2)CC1. The Balaban J connectivity index is 1.71. The Hall–Kier alpha value is -0.840. The number of carbonyl (C=O) groups is 1. The quantitative estimate of drug-likeness (QED) is 0.786. The second-order valence-electron chi connectivity index (χ2n) is 7.41. The van der Waals surface area contributed by atoms with Gasteiger partial charge in [0.25, 0.3) is 0 Å². The standard InChI is InChI=1S/C16H29FN2O2/c1-16(2,3)21-15(20)19-9-6-13(7-10-19)11-18-8-4-5-14(17)12-18/h13-14H,4-12H2,1-3H3. The molecule has 2 rings (SSSR count). The normalized spacial score (nSPS) is 25.9.